The number of ether oxygens (including phenoxy) is 2. The molecule has 0 fully saturated rings. The van der Waals surface area contributed by atoms with E-state index < -0.39 is 0 Å². The van der Waals surface area contributed by atoms with E-state index in [1.807, 2.05) is 12.1 Å². The Bertz CT molecular complexity index is 986. The molecular formula is C19H21N5O4. The van der Waals surface area contributed by atoms with Gasteiger partial charge in [0.25, 0.3) is 5.91 Å². The highest BCUT2D eigenvalue weighted by molar-refractivity contribution is 5.92. The molecule has 3 aromatic rings. The van der Waals surface area contributed by atoms with Crippen LogP contribution in [0.5, 0.6) is 11.5 Å². The first-order valence-electron chi connectivity index (χ1n) is 8.53. The summed E-state index contributed by atoms with van der Waals surface area (Å²) in [5.74, 6) is 2.30. The van der Waals surface area contributed by atoms with Crippen molar-refractivity contribution in [3.63, 3.8) is 0 Å². The topological polar surface area (TPSA) is 111 Å². The zero-order valence-corrected chi connectivity index (χ0v) is 16.1. The maximum atomic E-state index is 12.5. The van der Waals surface area contributed by atoms with Crippen molar-refractivity contribution in [2.24, 2.45) is 0 Å². The molecule has 0 saturated carbocycles. The van der Waals surface area contributed by atoms with Crippen molar-refractivity contribution >= 4 is 17.7 Å². The van der Waals surface area contributed by atoms with Gasteiger partial charge in [0.2, 0.25) is 5.95 Å². The predicted molar refractivity (Wildman–Crippen MR) is 102 cm³/mol. The number of hydrogen-bond donors (Lipinski definition) is 2. The molecule has 3 rings (SSSR count). The van der Waals surface area contributed by atoms with Crippen LogP contribution in [0.3, 0.4) is 0 Å². The molecule has 1 amide bonds. The average molecular weight is 383 g/mol. The van der Waals surface area contributed by atoms with Gasteiger partial charge in [-0.2, -0.15) is 0 Å². The Morgan fingerprint density at radius 1 is 1.07 bits per heavy atom. The number of aryl methyl sites for hydroxylation is 2. The summed E-state index contributed by atoms with van der Waals surface area (Å²) < 4.78 is 15.5. The second-order valence-electron chi connectivity index (χ2n) is 6.04. The third-order valence-electron chi connectivity index (χ3n) is 3.86. The van der Waals surface area contributed by atoms with E-state index in [9.17, 15) is 4.79 Å². The molecule has 9 nitrogen and oxygen atoms in total. The van der Waals surface area contributed by atoms with Gasteiger partial charge in [-0.25, -0.2) is 9.97 Å². The van der Waals surface area contributed by atoms with E-state index in [4.69, 9.17) is 14.0 Å². The van der Waals surface area contributed by atoms with E-state index in [0.717, 1.165) is 5.56 Å². The zero-order valence-electron chi connectivity index (χ0n) is 16.1. The van der Waals surface area contributed by atoms with Gasteiger partial charge in [0, 0.05) is 18.3 Å². The molecule has 0 saturated heterocycles. The second-order valence-corrected chi connectivity index (χ2v) is 6.04. The molecule has 2 aromatic heterocycles. The van der Waals surface area contributed by atoms with Crippen LogP contribution in [0.15, 0.2) is 34.9 Å². The Morgan fingerprint density at radius 2 is 1.86 bits per heavy atom. The average Bonchev–Trinajstić information content (AvgIpc) is 3.09. The van der Waals surface area contributed by atoms with Crippen LogP contribution in [-0.2, 0) is 6.54 Å². The summed E-state index contributed by atoms with van der Waals surface area (Å²) in [7, 11) is 3.14. The monoisotopic (exact) mass is 383 g/mol. The normalized spacial score (nSPS) is 10.4. The first-order valence-corrected chi connectivity index (χ1v) is 8.53. The molecular weight excluding hydrogens is 362 g/mol. The number of anilines is 2. The Balaban J connectivity index is 1.70. The molecule has 0 aliphatic carbocycles. The van der Waals surface area contributed by atoms with Crippen molar-refractivity contribution in [3.05, 3.63) is 53.0 Å². The summed E-state index contributed by atoms with van der Waals surface area (Å²) in [5, 5.41) is 9.60. The molecule has 1 aromatic carbocycles. The second kappa shape index (κ2) is 8.38. The van der Waals surface area contributed by atoms with Gasteiger partial charge >= 0.3 is 0 Å². The molecule has 0 unspecified atom stereocenters. The molecule has 0 aliphatic rings. The van der Waals surface area contributed by atoms with Gasteiger partial charge in [-0.1, -0.05) is 11.2 Å². The minimum absolute atomic E-state index is 0.246. The minimum Gasteiger partial charge on any atom is -0.493 e. The predicted octanol–water partition coefficient (Wildman–Crippen LogP) is 2.77. The van der Waals surface area contributed by atoms with Gasteiger partial charge in [0.1, 0.15) is 11.5 Å². The van der Waals surface area contributed by atoms with Crippen LogP contribution in [-0.4, -0.2) is 35.3 Å². The van der Waals surface area contributed by atoms with Crippen molar-refractivity contribution < 1.29 is 18.8 Å². The van der Waals surface area contributed by atoms with Gasteiger partial charge in [0.05, 0.1) is 14.2 Å². The SMILES string of the molecule is COc1ccc(CNC(=O)c2cc(C)nc(Nc3cc(C)on3)n2)cc1OC. The Kier molecular flexibility index (Phi) is 5.73. The standard InChI is InChI=1S/C19H21N5O4/c1-11-7-14(22-19(21-11)23-17-8-12(2)28-24-17)18(25)20-10-13-5-6-15(26-3)16(9-13)27-4/h5-9H,10H2,1-4H3,(H,20,25)(H,21,22,23,24). The fourth-order valence-corrected chi connectivity index (χ4v) is 2.54. The van der Waals surface area contributed by atoms with E-state index in [1.165, 1.54) is 0 Å². The van der Waals surface area contributed by atoms with Crippen molar-refractivity contribution in [1.29, 1.82) is 0 Å². The molecule has 0 radical (unpaired) electrons. The van der Waals surface area contributed by atoms with E-state index >= 15 is 0 Å². The molecule has 0 bridgehead atoms. The maximum absolute atomic E-state index is 12.5. The van der Waals surface area contributed by atoms with Gasteiger partial charge in [0.15, 0.2) is 17.3 Å². The van der Waals surface area contributed by atoms with Gasteiger partial charge in [-0.05, 0) is 37.6 Å². The molecule has 0 aliphatic heterocycles. The summed E-state index contributed by atoms with van der Waals surface area (Å²) in [6.07, 6.45) is 0. The van der Waals surface area contributed by atoms with Crippen molar-refractivity contribution in [3.8, 4) is 11.5 Å². The van der Waals surface area contributed by atoms with E-state index in [-0.39, 0.29) is 17.5 Å². The van der Waals surface area contributed by atoms with Crippen molar-refractivity contribution in [1.82, 2.24) is 20.4 Å². The lowest BCUT2D eigenvalue weighted by atomic mass is 10.2. The van der Waals surface area contributed by atoms with E-state index in [1.54, 1.807) is 46.3 Å². The lowest BCUT2D eigenvalue weighted by Crippen LogP contribution is -2.24. The fourth-order valence-electron chi connectivity index (χ4n) is 2.54. The van der Waals surface area contributed by atoms with Gasteiger partial charge in [-0.3, -0.25) is 4.79 Å². The number of carbonyl (C=O) groups is 1. The molecule has 28 heavy (non-hydrogen) atoms. The number of nitrogens with one attached hydrogen (secondary N) is 2. The van der Waals surface area contributed by atoms with Crippen LogP contribution in [0.25, 0.3) is 0 Å². The molecule has 9 heteroatoms. The number of amides is 1. The molecule has 0 spiro atoms. The summed E-state index contributed by atoms with van der Waals surface area (Å²) >= 11 is 0. The zero-order chi connectivity index (χ0) is 20.1. The first kappa shape index (κ1) is 19.2. The number of carbonyl (C=O) groups excluding carboxylic acids is 1. The quantitative estimate of drug-likeness (QED) is 0.641. The van der Waals surface area contributed by atoms with Gasteiger partial charge < -0.3 is 24.6 Å². The van der Waals surface area contributed by atoms with Crippen LogP contribution < -0.4 is 20.1 Å². The molecule has 146 valence electrons. The largest absolute Gasteiger partial charge is 0.493 e. The maximum Gasteiger partial charge on any atom is 0.270 e. The van der Waals surface area contributed by atoms with Crippen LogP contribution in [0.4, 0.5) is 11.8 Å². The van der Waals surface area contributed by atoms with Gasteiger partial charge in [-0.15, -0.1) is 0 Å². The summed E-state index contributed by atoms with van der Waals surface area (Å²) in [6, 6.07) is 8.78. The fraction of sp³-hybridized carbons (Fsp3) is 0.263. The summed E-state index contributed by atoms with van der Waals surface area (Å²) in [4.78, 5) is 21.1. The summed E-state index contributed by atoms with van der Waals surface area (Å²) in [6.45, 7) is 3.88. The number of aromatic nitrogens is 3. The Hall–Kier alpha value is -3.62. The number of nitrogens with zero attached hydrogens (tertiary/aromatic N) is 3. The van der Waals surface area contributed by atoms with E-state index in [0.29, 0.717) is 35.3 Å². The summed E-state index contributed by atoms with van der Waals surface area (Å²) in [5.41, 5.74) is 1.76. The highest BCUT2D eigenvalue weighted by atomic mass is 16.5. The highest BCUT2D eigenvalue weighted by Gasteiger charge is 2.12. The molecule has 2 heterocycles. The molecule has 0 atom stereocenters. The number of rotatable bonds is 7. The lowest BCUT2D eigenvalue weighted by molar-refractivity contribution is 0.0945. The minimum atomic E-state index is -0.320. The van der Waals surface area contributed by atoms with E-state index in [2.05, 4.69) is 25.8 Å². The first-order chi connectivity index (χ1) is 13.5. The smallest absolute Gasteiger partial charge is 0.270 e. The highest BCUT2D eigenvalue weighted by Crippen LogP contribution is 2.27. The third kappa shape index (κ3) is 4.56. The number of hydrogen-bond acceptors (Lipinski definition) is 8. The number of benzene rings is 1. The van der Waals surface area contributed by atoms with Crippen LogP contribution in [0.1, 0.15) is 27.5 Å². The third-order valence-corrected chi connectivity index (χ3v) is 3.86. The number of methoxy groups -OCH3 is 2. The Morgan fingerprint density at radius 3 is 2.54 bits per heavy atom. The Labute approximate surface area is 162 Å². The van der Waals surface area contributed by atoms with Crippen molar-refractivity contribution in [2.75, 3.05) is 19.5 Å². The lowest BCUT2D eigenvalue weighted by Gasteiger charge is -2.11. The van der Waals surface area contributed by atoms with Crippen LogP contribution in [0, 0.1) is 13.8 Å². The molecule has 2 N–H and O–H groups in total. The van der Waals surface area contributed by atoms with Crippen LogP contribution >= 0.6 is 0 Å². The van der Waals surface area contributed by atoms with Crippen molar-refractivity contribution in [2.45, 2.75) is 20.4 Å². The van der Waals surface area contributed by atoms with Crippen LogP contribution in [0.2, 0.25) is 0 Å².